The maximum atomic E-state index is 13.3. The zero-order valence-electron chi connectivity index (χ0n) is 71.5. The van der Waals surface area contributed by atoms with Crippen LogP contribution in [0.25, 0.3) is 10.8 Å². The lowest BCUT2D eigenvalue weighted by atomic mass is 9.49. The fourth-order valence-corrected chi connectivity index (χ4v) is 39.6. The lowest BCUT2D eigenvalue weighted by Crippen LogP contribution is -2.58. The summed E-state index contributed by atoms with van der Waals surface area (Å²) in [7, 11) is 1.91. The molecular formula is C102H137O10S5+5. The van der Waals surface area contributed by atoms with Crippen molar-refractivity contribution in [2.75, 3.05) is 75.6 Å². The molecule has 630 valence electrons. The zero-order valence-corrected chi connectivity index (χ0v) is 75.6. The van der Waals surface area contributed by atoms with Gasteiger partial charge in [0.15, 0.2) is 27.0 Å². The fourth-order valence-electron chi connectivity index (χ4n) is 27.8. The summed E-state index contributed by atoms with van der Waals surface area (Å²) in [6, 6.07) is 31.7. The van der Waals surface area contributed by atoms with Crippen molar-refractivity contribution in [1.29, 1.82) is 0 Å². The van der Waals surface area contributed by atoms with Gasteiger partial charge in [0.1, 0.15) is 86.5 Å². The highest BCUT2D eigenvalue weighted by atomic mass is 32.2. The Labute approximate surface area is 715 Å². The van der Waals surface area contributed by atoms with Crippen LogP contribution in [0.1, 0.15) is 251 Å². The number of hydrogen-bond donors (Lipinski definition) is 0. The predicted molar refractivity (Wildman–Crippen MR) is 484 cm³/mol. The van der Waals surface area contributed by atoms with Crippen molar-refractivity contribution in [3.05, 3.63) is 119 Å². The molecule has 21 fully saturated rings. The van der Waals surface area contributed by atoms with Gasteiger partial charge in [0.05, 0.1) is 10.8 Å². The molecule has 21 aliphatic rings. The summed E-state index contributed by atoms with van der Waals surface area (Å²) in [5, 5.41) is 2.41. The van der Waals surface area contributed by atoms with Crippen LogP contribution in [0, 0.1) is 121 Å². The quantitative estimate of drug-likeness (QED) is 0.0384. The van der Waals surface area contributed by atoms with Crippen molar-refractivity contribution in [2.24, 2.45) is 93.7 Å². The predicted octanol–water partition coefficient (Wildman–Crippen LogP) is 21.6. The van der Waals surface area contributed by atoms with Crippen molar-refractivity contribution < 1.29 is 47.7 Å². The molecule has 0 spiro atoms. The Bertz CT molecular complexity index is 4190. The highest BCUT2D eigenvalue weighted by Crippen LogP contribution is 2.64. The Balaban J connectivity index is 0.000000103. The molecule has 26 rings (SSSR count). The molecule has 15 heteroatoms. The molecule has 16 bridgehead atoms. The van der Waals surface area contributed by atoms with Gasteiger partial charge in [0.25, 0.3) is 0 Å². The lowest BCUT2D eigenvalue weighted by molar-refractivity contribution is -0.200. The summed E-state index contributed by atoms with van der Waals surface area (Å²) in [6.07, 6.45) is 42.8. The summed E-state index contributed by atoms with van der Waals surface area (Å²) in [6.45, 7) is 10.8. The Hall–Kier alpha value is -4.54. The summed E-state index contributed by atoms with van der Waals surface area (Å²) in [5.41, 5.74) is 5.04. The average Bonchev–Trinajstić information content (AvgIpc) is 1.05. The smallest absolute Gasteiger partial charge is 0.356 e. The van der Waals surface area contributed by atoms with Crippen molar-refractivity contribution >= 4 is 94.9 Å². The van der Waals surface area contributed by atoms with Crippen LogP contribution in [0.4, 0.5) is 0 Å². The van der Waals surface area contributed by atoms with E-state index in [-0.39, 0.29) is 53.0 Å². The standard InChI is InChI=1S/C26H31O3S.C24H33O2S.C23H31O2S.C17H27O2S.C12H15OS/c27-25(29-26-19-12-17-11-18(14-19)15-20(26)13-17)16-28-23-7-8-24(30-9-3-4-10-30)22-6-2-1-5-21(22)23;1-16-8-21(27-6-4-3-5-7-27)9-17(2)22(16)26-23(25)24-13-18-10-19(14-24)12-20(11-18)15-24;1-15-7-20(26-5-3-4-6-26)8-16(2)21(15)25-22(24)23-12-17-9-18(13-23)11-19(10-17)14-23;1-17(19-16(18)11-20-4-2-3-5-20)14-7-12-6-13(9-14)10-15(17)8-12;13-12(10-14-8-4-5-9-14)11-6-2-1-3-7-11/h1-2,5-8,17-20,26H,3-4,9-16H2;8-9,18-20H,3-7,10-15H2,1-2H3;7-8,17-19H,3-6,9-14H2,1-2H3;12-15H,2-11H2,1H3;1-3,6-7H,4-5,8-10H2/q5*+1. The first-order valence-electron chi connectivity index (χ1n) is 46.9. The number of ketones is 1. The largest absolute Gasteiger partial charge is 0.481 e. The molecule has 5 saturated heterocycles. The van der Waals surface area contributed by atoms with Crippen LogP contribution in [-0.4, -0.2) is 117 Å². The molecule has 0 radical (unpaired) electrons. The molecule has 0 aromatic heterocycles. The van der Waals surface area contributed by atoms with E-state index >= 15 is 0 Å². The Morgan fingerprint density at radius 2 is 0.761 bits per heavy atom. The zero-order chi connectivity index (χ0) is 80.1. The maximum Gasteiger partial charge on any atom is 0.356 e. The van der Waals surface area contributed by atoms with Crippen LogP contribution in [0.15, 0.2) is 106 Å². The Morgan fingerprint density at radius 1 is 0.385 bits per heavy atom. The molecule has 0 atom stereocenters. The van der Waals surface area contributed by atoms with E-state index in [0.29, 0.717) is 89.7 Å². The molecule has 5 aromatic rings. The minimum absolute atomic E-state index is 0.0118. The third-order valence-corrected chi connectivity index (χ3v) is 44.4. The van der Waals surface area contributed by atoms with Gasteiger partial charge in [-0.1, -0.05) is 48.5 Å². The molecule has 0 unspecified atom stereocenters. The number of ether oxygens (including phenoxy) is 5. The lowest BCUT2D eigenvalue weighted by Gasteiger charge is -2.58. The SMILES string of the molecule is CC1(OC(=O)C[S+]2CCCC2)C2CC3CC(C2)CC1C3.Cc1cc([S+]2CCCC2)cc(C)c1OC(=O)C12CC3CC(CC(C3)C1)C2.Cc1cc([S+]2CCCCC2)cc(C)c1OC(=O)C12CC3CC(CC(C3)C1)C2.O=C(COc1ccc([S+]2CCCC2)c2ccccc12)OC1C2CC3CC(C2)CC1C3.O=C(C[S+]1CCCC1)c1ccccc1. The molecule has 5 heterocycles. The monoisotopic (exact) mass is 1680 g/mol. The second kappa shape index (κ2) is 36.3. The van der Waals surface area contributed by atoms with Gasteiger partial charge in [-0.25, -0.2) is 9.59 Å². The summed E-state index contributed by atoms with van der Waals surface area (Å²) in [5.74, 6) is 28.3. The second-order valence-corrected chi connectivity index (χ2v) is 52.4. The van der Waals surface area contributed by atoms with Crippen LogP contribution in [0.2, 0.25) is 0 Å². The third-order valence-electron chi connectivity index (χ3n) is 32.2. The molecule has 16 saturated carbocycles. The van der Waals surface area contributed by atoms with E-state index in [4.69, 9.17) is 23.7 Å². The number of benzene rings is 5. The number of carbonyl (C=O) groups excluding carboxylic acids is 5. The van der Waals surface area contributed by atoms with Gasteiger partial charge < -0.3 is 23.7 Å². The first kappa shape index (κ1) is 83.4. The average molecular weight is 1680 g/mol. The van der Waals surface area contributed by atoms with E-state index in [1.165, 1.54) is 251 Å². The van der Waals surface area contributed by atoms with Crippen LogP contribution >= 0.6 is 0 Å². The highest BCUT2D eigenvalue weighted by Gasteiger charge is 2.60. The molecule has 10 nitrogen and oxygen atoms in total. The molecule has 117 heavy (non-hydrogen) atoms. The number of fused-ring (bicyclic) bond motifs is 1. The molecule has 0 amide bonds. The van der Waals surface area contributed by atoms with Gasteiger partial charge in [-0.3, -0.25) is 14.4 Å². The highest BCUT2D eigenvalue weighted by molar-refractivity contribution is 7.98. The molecule has 0 N–H and O–H groups in total. The van der Waals surface area contributed by atoms with E-state index in [9.17, 15) is 24.0 Å². The van der Waals surface area contributed by atoms with E-state index < -0.39 is 0 Å². The molecule has 16 aliphatic carbocycles. The summed E-state index contributed by atoms with van der Waals surface area (Å²) < 4.78 is 30.5. The number of rotatable bonds is 17. The number of hydrogen-bond acceptors (Lipinski definition) is 10. The first-order valence-corrected chi connectivity index (χ1v) is 55.1. The van der Waals surface area contributed by atoms with Gasteiger partial charge in [0.2, 0.25) is 11.5 Å². The van der Waals surface area contributed by atoms with E-state index in [1.807, 2.05) is 30.3 Å². The number of aryl methyl sites for hydroxylation is 4. The van der Waals surface area contributed by atoms with Crippen LogP contribution < -0.4 is 14.2 Å². The van der Waals surface area contributed by atoms with E-state index in [0.717, 1.165) is 154 Å². The van der Waals surface area contributed by atoms with Crippen molar-refractivity contribution in [1.82, 2.24) is 0 Å². The van der Waals surface area contributed by atoms with Crippen molar-refractivity contribution in [3.8, 4) is 17.2 Å². The van der Waals surface area contributed by atoms with Crippen LogP contribution in [-0.2, 0) is 83.1 Å². The van der Waals surface area contributed by atoms with Gasteiger partial charge >= 0.3 is 23.9 Å². The van der Waals surface area contributed by atoms with Gasteiger partial charge in [-0.05, 0) is 416 Å². The molecular weight excluding hydrogens is 1550 g/mol. The van der Waals surface area contributed by atoms with Gasteiger partial charge in [0, 0.05) is 49.0 Å². The minimum atomic E-state index is -0.196. The Morgan fingerprint density at radius 3 is 1.21 bits per heavy atom. The summed E-state index contributed by atoms with van der Waals surface area (Å²) >= 11 is 0. The van der Waals surface area contributed by atoms with Crippen LogP contribution in [0.5, 0.6) is 17.2 Å². The fraction of sp³-hybridized carbons (Fsp3) is 0.676. The van der Waals surface area contributed by atoms with E-state index in [2.05, 4.69) is 95.3 Å². The molecule has 5 aliphatic heterocycles. The first-order chi connectivity index (χ1) is 56.8. The maximum absolute atomic E-state index is 13.3. The Kier molecular flexibility index (Phi) is 25.9. The molecule has 5 aromatic carbocycles. The number of Topliss-reactive ketones (excluding diaryl/α,β-unsaturated/α-hetero) is 1. The number of carbonyl (C=O) groups is 5. The van der Waals surface area contributed by atoms with Gasteiger partial charge in [-0.15, -0.1) is 0 Å². The normalized spacial score (nSPS) is 34.6. The third kappa shape index (κ3) is 18.7. The van der Waals surface area contributed by atoms with Crippen molar-refractivity contribution in [2.45, 2.75) is 273 Å². The topological polar surface area (TPSA) is 132 Å². The minimum Gasteiger partial charge on any atom is -0.481 e. The van der Waals surface area contributed by atoms with Crippen LogP contribution in [0.3, 0.4) is 0 Å². The van der Waals surface area contributed by atoms with Crippen molar-refractivity contribution in [3.63, 3.8) is 0 Å². The van der Waals surface area contributed by atoms with Gasteiger partial charge in [-0.2, -0.15) is 0 Å². The number of esters is 4. The second-order valence-electron chi connectivity index (χ2n) is 40.9. The summed E-state index contributed by atoms with van der Waals surface area (Å²) in [4.78, 5) is 67.9. The van der Waals surface area contributed by atoms with E-state index in [1.54, 1.807) is 0 Å².